The van der Waals surface area contributed by atoms with Gasteiger partial charge in [0.2, 0.25) is 5.69 Å². The Morgan fingerprint density at radius 2 is 1.47 bits per heavy atom. The summed E-state index contributed by atoms with van der Waals surface area (Å²) in [5, 5.41) is 1.13. The fourth-order valence-corrected chi connectivity index (χ4v) is 7.90. The quantitative estimate of drug-likeness (QED) is 0.248. The zero-order valence-corrected chi connectivity index (χ0v) is 27.8. The number of benzene rings is 3. The molecule has 0 saturated heterocycles. The topological polar surface area (TPSA) is 29.1 Å². The SMILES string of the molecule is CCN1C=C/C(=C\C=c2\s/c(=C\c3sc(-c4ccccc4)c(-c4ccccc4)[n+]3CC)n(CC)c2=O)c2ccccc21.[Br-]. The predicted octanol–water partition coefficient (Wildman–Crippen LogP) is 3.68. The van der Waals surface area contributed by atoms with Gasteiger partial charge in [-0.05, 0) is 62.3 Å². The summed E-state index contributed by atoms with van der Waals surface area (Å²) in [5.74, 6) is 0. The van der Waals surface area contributed by atoms with Crippen LogP contribution in [-0.4, -0.2) is 11.1 Å². The minimum atomic E-state index is 0. The first-order valence-electron chi connectivity index (χ1n) is 14.5. The van der Waals surface area contributed by atoms with Gasteiger partial charge in [0, 0.05) is 36.1 Å². The maximum Gasteiger partial charge on any atom is 0.269 e. The Kier molecular flexibility index (Phi) is 9.76. The largest absolute Gasteiger partial charge is 1.00 e. The van der Waals surface area contributed by atoms with Gasteiger partial charge < -0.3 is 21.9 Å². The van der Waals surface area contributed by atoms with Crippen LogP contribution >= 0.6 is 22.7 Å². The van der Waals surface area contributed by atoms with Crippen LogP contribution < -0.4 is 41.2 Å². The number of rotatable bonds is 7. The number of thiazole rings is 2. The van der Waals surface area contributed by atoms with Crippen LogP contribution in [0.2, 0.25) is 0 Å². The lowest BCUT2D eigenvalue weighted by Crippen LogP contribution is -3.00. The molecule has 0 spiro atoms. The molecule has 0 N–H and O–H groups in total. The Morgan fingerprint density at radius 1 is 0.791 bits per heavy atom. The maximum absolute atomic E-state index is 13.6. The summed E-state index contributed by atoms with van der Waals surface area (Å²) in [6.07, 6.45) is 10.5. The minimum absolute atomic E-state index is 0. The summed E-state index contributed by atoms with van der Waals surface area (Å²) >= 11 is 3.34. The molecule has 6 rings (SSSR count). The van der Waals surface area contributed by atoms with Crippen molar-refractivity contribution < 1.29 is 21.5 Å². The van der Waals surface area contributed by atoms with Crippen LogP contribution in [0.5, 0.6) is 0 Å². The minimum Gasteiger partial charge on any atom is -1.00 e. The summed E-state index contributed by atoms with van der Waals surface area (Å²) in [5.41, 5.74) is 7.14. The normalized spacial score (nSPS) is 14.3. The van der Waals surface area contributed by atoms with Gasteiger partial charge >= 0.3 is 0 Å². The maximum atomic E-state index is 13.6. The highest BCUT2D eigenvalue weighted by molar-refractivity contribution is 7.16. The summed E-state index contributed by atoms with van der Waals surface area (Å²) in [6, 6.07) is 29.6. The Labute approximate surface area is 271 Å². The zero-order valence-electron chi connectivity index (χ0n) is 24.5. The lowest BCUT2D eigenvalue weighted by molar-refractivity contribution is -0.679. The Bertz CT molecular complexity index is 1970. The van der Waals surface area contributed by atoms with Gasteiger partial charge in [0.25, 0.3) is 10.6 Å². The predicted molar refractivity (Wildman–Crippen MR) is 179 cm³/mol. The van der Waals surface area contributed by atoms with E-state index < -0.39 is 0 Å². The van der Waals surface area contributed by atoms with E-state index in [1.807, 2.05) is 17.6 Å². The molecule has 0 aliphatic carbocycles. The monoisotopic (exact) mass is 667 g/mol. The summed E-state index contributed by atoms with van der Waals surface area (Å²) in [6.45, 7) is 8.74. The number of hydrogen-bond donors (Lipinski definition) is 0. The fraction of sp³-hybridized carbons (Fsp3) is 0.167. The third-order valence-electron chi connectivity index (χ3n) is 7.57. The lowest BCUT2D eigenvalue weighted by Gasteiger charge is -2.26. The Hall–Kier alpha value is -3.78. The highest BCUT2D eigenvalue weighted by atomic mass is 79.9. The summed E-state index contributed by atoms with van der Waals surface area (Å²) in [4.78, 5) is 17.0. The van der Waals surface area contributed by atoms with E-state index in [2.05, 4.69) is 133 Å². The highest BCUT2D eigenvalue weighted by Gasteiger charge is 2.27. The van der Waals surface area contributed by atoms with E-state index in [4.69, 9.17) is 0 Å². The third-order valence-corrected chi connectivity index (χ3v) is 9.83. The molecule has 0 unspecified atom stereocenters. The van der Waals surface area contributed by atoms with Crippen molar-refractivity contribution in [2.24, 2.45) is 0 Å². The molecule has 43 heavy (non-hydrogen) atoms. The number of fused-ring (bicyclic) bond motifs is 1. The summed E-state index contributed by atoms with van der Waals surface area (Å²) in [7, 11) is 0. The zero-order chi connectivity index (χ0) is 29.1. The van der Waals surface area contributed by atoms with Crippen molar-refractivity contribution in [3.8, 4) is 21.7 Å². The first-order valence-corrected chi connectivity index (χ1v) is 16.1. The van der Waals surface area contributed by atoms with Gasteiger partial charge in [-0.3, -0.25) is 9.36 Å². The van der Waals surface area contributed by atoms with Gasteiger partial charge in [-0.25, -0.2) is 0 Å². The molecule has 2 aromatic heterocycles. The van der Waals surface area contributed by atoms with Crippen molar-refractivity contribution in [1.82, 2.24) is 4.57 Å². The van der Waals surface area contributed by atoms with Crippen LogP contribution in [0.15, 0.2) is 108 Å². The molecule has 1 aliphatic heterocycles. The molecule has 0 bridgehead atoms. The van der Waals surface area contributed by atoms with Gasteiger partial charge in [0.05, 0.1) is 10.6 Å². The van der Waals surface area contributed by atoms with Crippen LogP contribution in [-0.2, 0) is 13.1 Å². The molecule has 5 aromatic rings. The number of anilines is 1. The molecule has 0 radical (unpaired) electrons. The second-order valence-electron chi connectivity index (χ2n) is 10.0. The van der Waals surface area contributed by atoms with Gasteiger partial charge in [-0.15, -0.1) is 11.3 Å². The molecule has 4 nitrogen and oxygen atoms in total. The average molecular weight is 669 g/mol. The van der Waals surface area contributed by atoms with Crippen molar-refractivity contribution >= 4 is 46.1 Å². The molecule has 0 saturated carbocycles. The number of nitrogens with zero attached hydrogens (tertiary/aromatic N) is 3. The van der Waals surface area contributed by atoms with E-state index >= 15 is 0 Å². The molecule has 0 atom stereocenters. The molecular weight excluding hydrogens is 634 g/mol. The van der Waals surface area contributed by atoms with Crippen molar-refractivity contribution in [2.45, 2.75) is 33.9 Å². The van der Waals surface area contributed by atoms with Crippen molar-refractivity contribution in [1.29, 1.82) is 0 Å². The Morgan fingerprint density at radius 3 is 2.14 bits per heavy atom. The first kappa shape index (κ1) is 30.7. The second-order valence-corrected chi connectivity index (χ2v) is 12.1. The third kappa shape index (κ3) is 6.03. The van der Waals surface area contributed by atoms with Crippen LogP contribution in [0.1, 0.15) is 31.3 Å². The smallest absolute Gasteiger partial charge is 0.269 e. The highest BCUT2D eigenvalue weighted by Crippen LogP contribution is 2.36. The van der Waals surface area contributed by atoms with E-state index in [1.165, 1.54) is 32.9 Å². The molecule has 3 heterocycles. The van der Waals surface area contributed by atoms with E-state index in [0.717, 1.165) is 32.9 Å². The van der Waals surface area contributed by atoms with Crippen molar-refractivity contribution in [3.05, 3.63) is 133 Å². The average Bonchev–Trinajstić information content (AvgIpc) is 3.56. The standard InChI is InChI=1S/C36H34N3OS2.BrH/c1-4-37-24-23-26(29-19-13-14-20-30(29)37)21-22-31-36(40)39(6-3)33(41-31)25-32-38(5-2)34(27-15-9-7-10-16-27)35(42-32)28-17-11-8-12-18-28;/h7-25H,4-6H2,1-3H3;1H/q+1;/p-1/b26-21+,31-22+;. The number of hydrogen-bond acceptors (Lipinski definition) is 4. The van der Waals surface area contributed by atoms with Crippen molar-refractivity contribution in [2.75, 3.05) is 11.4 Å². The lowest BCUT2D eigenvalue weighted by atomic mass is 9.99. The van der Waals surface area contributed by atoms with Gasteiger partial charge in [-0.1, -0.05) is 84.1 Å². The van der Waals surface area contributed by atoms with Gasteiger partial charge in [0.15, 0.2) is 0 Å². The number of allylic oxidation sites excluding steroid dienone is 3. The molecule has 0 fully saturated rings. The van der Waals surface area contributed by atoms with Crippen LogP contribution in [0.4, 0.5) is 5.69 Å². The fourth-order valence-electron chi connectivity index (χ4n) is 5.49. The van der Waals surface area contributed by atoms with Crippen LogP contribution in [0.25, 0.3) is 39.4 Å². The second kappa shape index (κ2) is 13.7. The number of para-hydroxylation sites is 1. The van der Waals surface area contributed by atoms with Crippen LogP contribution in [0.3, 0.4) is 0 Å². The molecule has 1 aliphatic rings. The Balaban J connectivity index is 0.00000368. The number of halogens is 1. The molecular formula is C36H34BrN3OS2. The first-order chi connectivity index (χ1) is 20.6. The van der Waals surface area contributed by atoms with E-state index in [9.17, 15) is 4.79 Å². The molecule has 218 valence electrons. The van der Waals surface area contributed by atoms with E-state index in [-0.39, 0.29) is 22.5 Å². The molecule has 7 heteroatoms. The molecule has 0 amide bonds. The van der Waals surface area contributed by atoms with Crippen molar-refractivity contribution in [3.63, 3.8) is 0 Å². The van der Waals surface area contributed by atoms with E-state index in [0.29, 0.717) is 6.54 Å². The number of aromatic nitrogens is 2. The molecule has 3 aromatic carbocycles. The van der Waals surface area contributed by atoms with Crippen LogP contribution in [0, 0.1) is 0 Å². The van der Waals surface area contributed by atoms with Gasteiger partial charge in [-0.2, -0.15) is 4.57 Å². The van der Waals surface area contributed by atoms with Gasteiger partial charge in [0.1, 0.15) is 16.1 Å². The summed E-state index contributed by atoms with van der Waals surface area (Å²) < 4.78 is 5.97. The van der Waals surface area contributed by atoms with E-state index in [1.54, 1.807) is 22.7 Å².